The number of hydrogen-bond donors (Lipinski definition) is 1. The van der Waals surface area contributed by atoms with Crippen LogP contribution in [0.3, 0.4) is 0 Å². The summed E-state index contributed by atoms with van der Waals surface area (Å²) in [6.07, 6.45) is 3.60. The Morgan fingerprint density at radius 2 is 1.97 bits per heavy atom. The first-order valence-corrected chi connectivity index (χ1v) is 10.7. The second-order valence-corrected chi connectivity index (χ2v) is 8.47. The van der Waals surface area contributed by atoms with Gasteiger partial charge in [0, 0.05) is 35.2 Å². The van der Waals surface area contributed by atoms with Crippen LogP contribution in [0.2, 0.25) is 5.02 Å². The summed E-state index contributed by atoms with van der Waals surface area (Å²) < 4.78 is 9.53. The van der Waals surface area contributed by atoms with E-state index in [0.29, 0.717) is 49.6 Å². The number of nitrogens with zero attached hydrogens (tertiary/aromatic N) is 4. The van der Waals surface area contributed by atoms with Crippen LogP contribution in [0.1, 0.15) is 5.69 Å². The zero-order chi connectivity index (χ0) is 22.9. The van der Waals surface area contributed by atoms with E-state index in [1.54, 1.807) is 39.7 Å². The van der Waals surface area contributed by atoms with Gasteiger partial charge in [-0.3, -0.25) is 19.0 Å². The first-order valence-electron chi connectivity index (χ1n) is 10.3. The maximum absolute atomic E-state index is 14.1. The molecule has 0 aliphatic carbocycles. The molecule has 4 aromatic heterocycles. The lowest BCUT2D eigenvalue weighted by Gasteiger charge is -2.14. The molecule has 162 valence electrons. The van der Waals surface area contributed by atoms with Crippen LogP contribution in [-0.4, -0.2) is 19.3 Å². The van der Waals surface area contributed by atoms with Gasteiger partial charge in [0.1, 0.15) is 11.1 Å². The van der Waals surface area contributed by atoms with Gasteiger partial charge in [-0.15, -0.1) is 0 Å². The largest absolute Gasteiger partial charge is 0.452 e. The van der Waals surface area contributed by atoms with Gasteiger partial charge in [0.2, 0.25) is 0 Å². The normalized spacial score (nSPS) is 11.7. The smallest absolute Gasteiger partial charge is 0.265 e. The van der Waals surface area contributed by atoms with Gasteiger partial charge in [0.15, 0.2) is 5.58 Å². The van der Waals surface area contributed by atoms with E-state index in [0.717, 1.165) is 10.9 Å². The van der Waals surface area contributed by atoms with E-state index in [1.165, 1.54) is 0 Å². The van der Waals surface area contributed by atoms with E-state index >= 15 is 0 Å². The lowest BCUT2D eigenvalue weighted by atomic mass is 10.0. The molecule has 0 aliphatic rings. The number of fused-ring (bicyclic) bond motifs is 4. The lowest BCUT2D eigenvalue weighted by molar-refractivity contribution is 0.668. The fourth-order valence-corrected chi connectivity index (χ4v) is 4.60. The number of furan rings is 1. The molecule has 0 atom stereocenters. The molecule has 0 saturated carbocycles. The van der Waals surface area contributed by atoms with Crippen molar-refractivity contribution in [1.82, 2.24) is 19.3 Å². The molecule has 2 N–H and O–H groups in total. The van der Waals surface area contributed by atoms with Gasteiger partial charge in [0.05, 0.1) is 28.1 Å². The molecule has 0 amide bonds. The predicted octanol–water partition coefficient (Wildman–Crippen LogP) is 5.23. The summed E-state index contributed by atoms with van der Waals surface area (Å²) in [5.41, 5.74) is 11.5. The number of aryl methyl sites for hydroxylation is 2. The highest BCUT2D eigenvalue weighted by Gasteiger charge is 2.24. The highest BCUT2D eigenvalue weighted by molar-refractivity contribution is 6.31. The third kappa shape index (κ3) is 2.86. The van der Waals surface area contributed by atoms with Crippen LogP contribution >= 0.6 is 11.6 Å². The molecule has 0 bridgehead atoms. The lowest BCUT2D eigenvalue weighted by Crippen LogP contribution is -2.23. The Morgan fingerprint density at radius 3 is 2.79 bits per heavy atom. The molecule has 0 fully saturated rings. The second-order valence-electron chi connectivity index (χ2n) is 8.03. The minimum atomic E-state index is -0.262. The minimum absolute atomic E-state index is 0.262. The number of aromatic nitrogens is 4. The topological polar surface area (TPSA) is 91.9 Å². The van der Waals surface area contributed by atoms with Crippen molar-refractivity contribution < 1.29 is 4.42 Å². The molecule has 8 heteroatoms. The number of halogens is 1. The third-order valence-electron chi connectivity index (χ3n) is 5.91. The SMILES string of the molecule is Cc1ncccc1-n1c(=O)c(-c2ccc3nn(C)cc3c2)c(N)c2oc3ccc(Cl)cc3c21. The summed E-state index contributed by atoms with van der Waals surface area (Å²) in [5, 5.41) is 6.58. The van der Waals surface area contributed by atoms with Crippen molar-refractivity contribution in [3.05, 3.63) is 82.0 Å². The number of benzene rings is 2. The number of nitrogens with two attached hydrogens (primary N) is 1. The maximum atomic E-state index is 14.1. The summed E-state index contributed by atoms with van der Waals surface area (Å²) in [6, 6.07) is 14.6. The average molecular weight is 456 g/mol. The Labute approximate surface area is 192 Å². The van der Waals surface area contributed by atoms with Crippen molar-refractivity contribution in [2.24, 2.45) is 7.05 Å². The van der Waals surface area contributed by atoms with Crippen molar-refractivity contribution in [2.45, 2.75) is 6.92 Å². The number of nitrogen functional groups attached to an aromatic ring is 1. The fraction of sp³-hybridized carbons (Fsp3) is 0.0800. The number of hydrogen-bond acceptors (Lipinski definition) is 5. The minimum Gasteiger partial charge on any atom is -0.452 e. The van der Waals surface area contributed by atoms with Crippen molar-refractivity contribution in [3.8, 4) is 16.8 Å². The molecule has 0 aliphatic heterocycles. The zero-order valence-electron chi connectivity index (χ0n) is 17.8. The molecular weight excluding hydrogens is 438 g/mol. The van der Waals surface area contributed by atoms with E-state index in [9.17, 15) is 4.79 Å². The zero-order valence-corrected chi connectivity index (χ0v) is 18.6. The predicted molar refractivity (Wildman–Crippen MR) is 131 cm³/mol. The first-order chi connectivity index (χ1) is 15.9. The number of rotatable bonds is 2. The van der Waals surface area contributed by atoms with Crippen molar-refractivity contribution in [1.29, 1.82) is 0 Å². The van der Waals surface area contributed by atoms with E-state index in [-0.39, 0.29) is 11.2 Å². The van der Waals surface area contributed by atoms with Crippen LogP contribution in [0.25, 0.3) is 49.8 Å². The quantitative estimate of drug-likeness (QED) is 0.386. The van der Waals surface area contributed by atoms with Gasteiger partial charge in [-0.1, -0.05) is 17.7 Å². The Morgan fingerprint density at radius 1 is 1.12 bits per heavy atom. The van der Waals surface area contributed by atoms with Crippen molar-refractivity contribution in [3.63, 3.8) is 0 Å². The Kier molecular flexibility index (Phi) is 4.12. The number of pyridine rings is 2. The summed E-state index contributed by atoms with van der Waals surface area (Å²) in [6.45, 7) is 1.86. The molecule has 6 aromatic rings. The second kappa shape index (κ2) is 6.95. The molecular formula is C25H18ClN5O2. The molecule has 2 aromatic carbocycles. The molecule has 7 nitrogen and oxygen atoms in total. The standard InChI is InChI=1S/C25H18ClN5O2/c1-13-19(4-3-9-28-13)31-23-17-11-16(26)6-8-20(17)33-24(23)22(27)21(25(31)32)14-5-7-18-15(10-14)12-30(2)29-18/h3-12H,27H2,1-2H3. The molecule has 33 heavy (non-hydrogen) atoms. The van der Waals surface area contributed by atoms with Gasteiger partial charge < -0.3 is 10.2 Å². The van der Waals surface area contributed by atoms with E-state index in [1.807, 2.05) is 44.4 Å². The van der Waals surface area contributed by atoms with Gasteiger partial charge in [-0.05, 0) is 55.0 Å². The van der Waals surface area contributed by atoms with Crippen LogP contribution in [0.4, 0.5) is 5.69 Å². The Hall–Kier alpha value is -4.10. The van der Waals surface area contributed by atoms with Crippen LogP contribution in [0.15, 0.2) is 70.1 Å². The maximum Gasteiger partial charge on any atom is 0.265 e. The Bertz CT molecular complexity index is 1790. The van der Waals surface area contributed by atoms with E-state index < -0.39 is 0 Å². The summed E-state index contributed by atoms with van der Waals surface area (Å²) in [5.74, 6) is 0. The summed E-state index contributed by atoms with van der Waals surface area (Å²) in [4.78, 5) is 18.5. The molecule has 0 radical (unpaired) electrons. The Balaban J connectivity index is 1.80. The van der Waals surface area contributed by atoms with Crippen LogP contribution in [0.5, 0.6) is 0 Å². The van der Waals surface area contributed by atoms with Crippen LogP contribution < -0.4 is 11.3 Å². The van der Waals surface area contributed by atoms with E-state index in [2.05, 4.69) is 10.1 Å². The highest BCUT2D eigenvalue weighted by atomic mass is 35.5. The van der Waals surface area contributed by atoms with Crippen molar-refractivity contribution >= 4 is 50.3 Å². The highest BCUT2D eigenvalue weighted by Crippen LogP contribution is 2.38. The average Bonchev–Trinajstić information content (AvgIpc) is 3.34. The van der Waals surface area contributed by atoms with Gasteiger partial charge in [-0.2, -0.15) is 5.10 Å². The van der Waals surface area contributed by atoms with Gasteiger partial charge >= 0.3 is 0 Å². The fourth-order valence-electron chi connectivity index (χ4n) is 4.43. The van der Waals surface area contributed by atoms with Crippen molar-refractivity contribution in [2.75, 3.05) is 5.73 Å². The van der Waals surface area contributed by atoms with Gasteiger partial charge in [-0.25, -0.2) is 0 Å². The van der Waals surface area contributed by atoms with E-state index in [4.69, 9.17) is 21.8 Å². The molecule has 0 saturated heterocycles. The molecule has 0 unspecified atom stereocenters. The van der Waals surface area contributed by atoms with Crippen LogP contribution in [0, 0.1) is 6.92 Å². The van der Waals surface area contributed by atoms with Gasteiger partial charge in [0.25, 0.3) is 5.56 Å². The molecule has 0 spiro atoms. The third-order valence-corrected chi connectivity index (χ3v) is 6.14. The van der Waals surface area contributed by atoms with Crippen LogP contribution in [-0.2, 0) is 7.05 Å². The number of anilines is 1. The molecule has 4 heterocycles. The molecule has 6 rings (SSSR count). The summed E-state index contributed by atoms with van der Waals surface area (Å²) in [7, 11) is 1.86. The first kappa shape index (κ1) is 19.6. The summed E-state index contributed by atoms with van der Waals surface area (Å²) >= 11 is 6.29. The monoisotopic (exact) mass is 455 g/mol.